The van der Waals surface area contributed by atoms with E-state index in [1.54, 1.807) is 19.1 Å². The van der Waals surface area contributed by atoms with E-state index in [9.17, 15) is 9.18 Å². The van der Waals surface area contributed by atoms with Crippen molar-refractivity contribution in [2.45, 2.75) is 27.0 Å². The molecule has 0 aliphatic rings. The fourth-order valence-electron chi connectivity index (χ4n) is 4.69. The highest BCUT2D eigenvalue weighted by Crippen LogP contribution is 2.39. The lowest BCUT2D eigenvalue weighted by Gasteiger charge is -2.12. The quantitative estimate of drug-likeness (QED) is 0.176. The predicted molar refractivity (Wildman–Crippen MR) is 151 cm³/mol. The first-order valence-electron chi connectivity index (χ1n) is 13.0. The molecule has 5 nitrogen and oxygen atoms in total. The monoisotopic (exact) mass is 523 g/mol. The third kappa shape index (κ3) is 5.80. The van der Waals surface area contributed by atoms with Gasteiger partial charge in [0.1, 0.15) is 29.6 Å². The number of carbonyl (C=O) groups is 1. The molecule has 39 heavy (non-hydrogen) atoms. The third-order valence-electron chi connectivity index (χ3n) is 6.46. The highest BCUT2D eigenvalue weighted by molar-refractivity contribution is 6.09. The van der Waals surface area contributed by atoms with Gasteiger partial charge in [-0.1, -0.05) is 54.6 Å². The first kappa shape index (κ1) is 26.0. The van der Waals surface area contributed by atoms with Gasteiger partial charge in [0.05, 0.1) is 13.2 Å². The topological polar surface area (TPSA) is 49.7 Å². The first-order chi connectivity index (χ1) is 19.1. The Labute approximate surface area is 227 Å². The molecule has 0 aliphatic heterocycles. The maximum absolute atomic E-state index is 13.6. The molecule has 198 valence electrons. The van der Waals surface area contributed by atoms with Crippen molar-refractivity contribution in [3.8, 4) is 22.6 Å². The summed E-state index contributed by atoms with van der Waals surface area (Å²) >= 11 is 0. The molecule has 0 N–H and O–H groups in total. The van der Waals surface area contributed by atoms with E-state index in [1.165, 1.54) is 12.1 Å². The molecule has 0 bridgehead atoms. The summed E-state index contributed by atoms with van der Waals surface area (Å²) < 4.78 is 32.9. The second-order valence-corrected chi connectivity index (χ2v) is 9.07. The van der Waals surface area contributed by atoms with Gasteiger partial charge in [0.25, 0.3) is 0 Å². The average molecular weight is 524 g/mol. The molecular formula is C33H30FNO4. The highest BCUT2D eigenvalue weighted by atomic mass is 19.1. The zero-order valence-corrected chi connectivity index (χ0v) is 22.0. The van der Waals surface area contributed by atoms with Crippen LogP contribution in [0.4, 0.5) is 4.39 Å². The number of nitrogens with zero attached hydrogens (tertiary/aromatic N) is 1. The zero-order valence-electron chi connectivity index (χ0n) is 22.0. The molecule has 0 radical (unpaired) electrons. The Hall–Kier alpha value is -4.58. The minimum absolute atomic E-state index is 0.241. The predicted octanol–water partition coefficient (Wildman–Crippen LogP) is 7.65. The molecular weight excluding hydrogens is 493 g/mol. The Bertz CT molecular complexity index is 1560. The normalized spacial score (nSPS) is 10.9. The molecule has 4 aromatic carbocycles. The Balaban J connectivity index is 1.67. The van der Waals surface area contributed by atoms with E-state index in [2.05, 4.69) is 0 Å². The van der Waals surface area contributed by atoms with Gasteiger partial charge in [-0.05, 0) is 73.0 Å². The van der Waals surface area contributed by atoms with Crippen LogP contribution in [-0.2, 0) is 17.9 Å². The van der Waals surface area contributed by atoms with Gasteiger partial charge in [0.2, 0.25) is 0 Å². The van der Waals surface area contributed by atoms with E-state index < -0.39 is 5.97 Å². The molecule has 0 atom stereocenters. The number of hydrogen-bond donors (Lipinski definition) is 0. The maximum Gasteiger partial charge on any atom is 0.355 e. The van der Waals surface area contributed by atoms with Gasteiger partial charge < -0.3 is 18.8 Å². The average Bonchev–Trinajstić information content (AvgIpc) is 3.27. The lowest BCUT2D eigenvalue weighted by Crippen LogP contribution is -2.14. The van der Waals surface area contributed by atoms with Gasteiger partial charge in [0.15, 0.2) is 0 Å². The van der Waals surface area contributed by atoms with E-state index in [0.717, 1.165) is 38.9 Å². The van der Waals surface area contributed by atoms with Crippen LogP contribution in [0.1, 0.15) is 35.5 Å². The van der Waals surface area contributed by atoms with Gasteiger partial charge in [-0.15, -0.1) is 0 Å². The molecule has 0 unspecified atom stereocenters. The van der Waals surface area contributed by atoms with Crippen LogP contribution in [0.5, 0.6) is 11.5 Å². The van der Waals surface area contributed by atoms with Crippen molar-refractivity contribution in [1.82, 2.24) is 4.57 Å². The molecule has 0 saturated carbocycles. The van der Waals surface area contributed by atoms with Crippen molar-refractivity contribution in [1.29, 1.82) is 0 Å². The summed E-state index contributed by atoms with van der Waals surface area (Å²) in [6.07, 6.45) is 0. The van der Waals surface area contributed by atoms with Crippen LogP contribution in [0.25, 0.3) is 22.0 Å². The number of halogens is 1. The first-order valence-corrected chi connectivity index (χ1v) is 13.0. The molecule has 6 heteroatoms. The van der Waals surface area contributed by atoms with Crippen LogP contribution >= 0.6 is 0 Å². The minimum Gasteiger partial charge on any atom is -0.494 e. The molecule has 0 amide bonds. The van der Waals surface area contributed by atoms with Crippen molar-refractivity contribution >= 4 is 16.9 Å². The largest absolute Gasteiger partial charge is 0.494 e. The Morgan fingerprint density at radius 1 is 0.769 bits per heavy atom. The number of hydrogen-bond acceptors (Lipinski definition) is 4. The number of benzene rings is 4. The molecule has 1 heterocycles. The highest BCUT2D eigenvalue weighted by Gasteiger charge is 2.26. The summed E-state index contributed by atoms with van der Waals surface area (Å²) in [5, 5.41) is 0.856. The van der Waals surface area contributed by atoms with Gasteiger partial charge in [-0.3, -0.25) is 0 Å². The van der Waals surface area contributed by atoms with E-state index >= 15 is 0 Å². The summed E-state index contributed by atoms with van der Waals surface area (Å²) in [5.41, 5.74) is 4.80. The second-order valence-electron chi connectivity index (χ2n) is 9.07. The Morgan fingerprint density at radius 3 is 2.18 bits per heavy atom. The van der Waals surface area contributed by atoms with E-state index in [0.29, 0.717) is 31.2 Å². The van der Waals surface area contributed by atoms with Crippen molar-refractivity contribution in [3.05, 3.63) is 120 Å². The number of esters is 1. The Kier molecular flexibility index (Phi) is 7.92. The second kappa shape index (κ2) is 11.9. The maximum atomic E-state index is 13.6. The van der Waals surface area contributed by atoms with Gasteiger partial charge >= 0.3 is 5.97 Å². The van der Waals surface area contributed by atoms with Crippen LogP contribution in [0.15, 0.2) is 97.1 Å². The van der Waals surface area contributed by atoms with Crippen LogP contribution in [-0.4, -0.2) is 23.8 Å². The number of carbonyl (C=O) groups excluding carboxylic acids is 1. The third-order valence-corrected chi connectivity index (χ3v) is 6.46. The SMILES string of the molecule is CCOC(=O)c1c(-c2ccc(OCC)cc2)c2cc(OCc3ccccc3)ccc2n1Cc1ccc(F)cc1. The summed E-state index contributed by atoms with van der Waals surface area (Å²) in [6.45, 7) is 5.32. The van der Waals surface area contributed by atoms with Gasteiger partial charge in [0, 0.05) is 23.0 Å². The standard InChI is InChI=1S/C33H30FNO4/c1-3-37-27-16-12-25(13-17-27)31-29-20-28(39-22-24-8-6-5-7-9-24)18-19-30(29)35(32(31)33(36)38-4-2)21-23-10-14-26(34)15-11-23/h5-20H,3-4,21-22H2,1-2H3. The van der Waals surface area contributed by atoms with Crippen LogP contribution in [0, 0.1) is 5.82 Å². The summed E-state index contributed by atoms with van der Waals surface area (Å²) in [6, 6.07) is 29.8. The molecule has 0 fully saturated rings. The zero-order chi connectivity index (χ0) is 27.2. The Morgan fingerprint density at radius 2 is 1.49 bits per heavy atom. The molecule has 1 aromatic heterocycles. The number of rotatable bonds is 10. The van der Waals surface area contributed by atoms with Crippen molar-refractivity contribution in [2.75, 3.05) is 13.2 Å². The minimum atomic E-state index is -0.425. The summed E-state index contributed by atoms with van der Waals surface area (Å²) in [7, 11) is 0. The van der Waals surface area contributed by atoms with Crippen molar-refractivity contribution < 1.29 is 23.4 Å². The van der Waals surface area contributed by atoms with Crippen LogP contribution < -0.4 is 9.47 Å². The summed E-state index contributed by atoms with van der Waals surface area (Å²) in [4.78, 5) is 13.5. The molecule has 5 aromatic rings. The van der Waals surface area contributed by atoms with Gasteiger partial charge in [-0.2, -0.15) is 0 Å². The van der Waals surface area contributed by atoms with Crippen molar-refractivity contribution in [2.24, 2.45) is 0 Å². The van der Waals surface area contributed by atoms with E-state index in [-0.39, 0.29) is 12.4 Å². The van der Waals surface area contributed by atoms with E-state index in [1.807, 2.05) is 84.3 Å². The molecule has 0 spiro atoms. The fourth-order valence-corrected chi connectivity index (χ4v) is 4.69. The summed E-state index contributed by atoms with van der Waals surface area (Å²) in [5.74, 6) is 0.706. The lowest BCUT2D eigenvalue weighted by atomic mass is 10.0. The van der Waals surface area contributed by atoms with E-state index in [4.69, 9.17) is 14.2 Å². The fraction of sp³-hybridized carbons (Fsp3) is 0.182. The molecule has 5 rings (SSSR count). The molecule has 0 aliphatic carbocycles. The lowest BCUT2D eigenvalue weighted by molar-refractivity contribution is 0.0516. The smallest absolute Gasteiger partial charge is 0.355 e. The molecule has 0 saturated heterocycles. The number of fused-ring (bicyclic) bond motifs is 1. The van der Waals surface area contributed by atoms with Crippen molar-refractivity contribution in [3.63, 3.8) is 0 Å². The van der Waals surface area contributed by atoms with Crippen LogP contribution in [0.2, 0.25) is 0 Å². The number of ether oxygens (including phenoxy) is 3. The van der Waals surface area contributed by atoms with Gasteiger partial charge in [-0.25, -0.2) is 9.18 Å². The number of aromatic nitrogens is 1. The van der Waals surface area contributed by atoms with Crippen LogP contribution in [0.3, 0.4) is 0 Å².